The van der Waals surface area contributed by atoms with Crippen molar-refractivity contribution in [3.05, 3.63) is 40.1 Å². The van der Waals surface area contributed by atoms with Gasteiger partial charge in [-0.2, -0.15) is 0 Å². The van der Waals surface area contributed by atoms with Crippen molar-refractivity contribution in [3.63, 3.8) is 0 Å². The third-order valence-electron chi connectivity index (χ3n) is 5.75. The first-order valence-corrected chi connectivity index (χ1v) is 12.9. The van der Waals surface area contributed by atoms with E-state index < -0.39 is 12.0 Å². The smallest absolute Gasteiger partial charge is 0.312 e. The van der Waals surface area contributed by atoms with Gasteiger partial charge in [0.1, 0.15) is 4.08 Å². The predicted molar refractivity (Wildman–Crippen MR) is 125 cm³/mol. The Bertz CT molecular complexity index is 885. The van der Waals surface area contributed by atoms with Gasteiger partial charge in [0.25, 0.3) is 0 Å². The lowest BCUT2D eigenvalue weighted by atomic mass is 9.83. The summed E-state index contributed by atoms with van der Waals surface area (Å²) in [5.41, 5.74) is 0.537. The van der Waals surface area contributed by atoms with Crippen molar-refractivity contribution in [2.75, 3.05) is 39.4 Å². The minimum absolute atomic E-state index is 0.164. The Labute approximate surface area is 194 Å². The Morgan fingerprint density at radius 1 is 1.13 bits per heavy atom. The number of benzene rings is 1. The molecule has 1 aromatic heterocycles. The summed E-state index contributed by atoms with van der Waals surface area (Å²) in [6.07, 6.45) is 0.0676. The number of thiophene rings is 1. The molecule has 0 aliphatic carbocycles. The lowest BCUT2D eigenvalue weighted by Gasteiger charge is -2.41. The second-order valence-electron chi connectivity index (χ2n) is 7.36. The highest BCUT2D eigenvalue weighted by Crippen LogP contribution is 2.61. The maximum absolute atomic E-state index is 12.9. The van der Waals surface area contributed by atoms with Gasteiger partial charge in [-0.05, 0) is 47.1 Å². The van der Waals surface area contributed by atoms with Crippen molar-refractivity contribution in [1.29, 1.82) is 0 Å². The molecule has 2 saturated heterocycles. The summed E-state index contributed by atoms with van der Waals surface area (Å²) >= 11 is 5.43. The minimum atomic E-state index is -1.06. The fourth-order valence-electron chi connectivity index (χ4n) is 4.27. The molecule has 3 heterocycles. The average Bonchev–Trinajstić information content (AvgIpc) is 3.48. The van der Waals surface area contributed by atoms with Crippen LogP contribution in [0.4, 0.5) is 0 Å². The highest BCUT2D eigenvalue weighted by molar-refractivity contribution is 8.18. The Balaban J connectivity index is 1.74. The summed E-state index contributed by atoms with van der Waals surface area (Å²) in [6.45, 7) is 0.295. The van der Waals surface area contributed by atoms with Crippen molar-refractivity contribution in [2.24, 2.45) is 11.8 Å². The van der Waals surface area contributed by atoms with E-state index >= 15 is 0 Å². The second-order valence-corrected chi connectivity index (χ2v) is 11.2. The zero-order valence-corrected chi connectivity index (χ0v) is 20.1. The molecule has 0 amide bonds. The standard InChI is InChI=1S/C22H26O6S3/c1-25-15-10-13(11-16(26-2)20(15)27-3)19(23)18-14(12-28-21(18)24)22(17-6-4-7-29-17)30-8-5-9-31-22/h4,6-7,10-11,14,18-19,23H,5,8-9,12H2,1-3H3/t14-,18-,19+/m1/s1. The SMILES string of the molecule is COc1cc([C@H](O)[C@@H]2C(=O)OC[C@H]2C2(c3cccs3)SCCCS2)cc(OC)c1OC. The third kappa shape index (κ3) is 4.01. The summed E-state index contributed by atoms with van der Waals surface area (Å²) < 4.78 is 21.5. The molecule has 0 bridgehead atoms. The second kappa shape index (κ2) is 9.52. The van der Waals surface area contributed by atoms with Crippen LogP contribution >= 0.6 is 34.9 Å². The number of hydrogen-bond acceptors (Lipinski definition) is 9. The van der Waals surface area contributed by atoms with E-state index in [-0.39, 0.29) is 16.0 Å². The molecule has 3 atom stereocenters. The number of rotatable bonds is 7. The summed E-state index contributed by atoms with van der Waals surface area (Å²) in [5, 5.41) is 13.5. The molecule has 2 fully saturated rings. The van der Waals surface area contributed by atoms with Crippen LogP contribution in [-0.2, 0) is 13.6 Å². The molecule has 0 spiro atoms. The van der Waals surface area contributed by atoms with Gasteiger partial charge >= 0.3 is 5.97 Å². The Morgan fingerprint density at radius 3 is 2.35 bits per heavy atom. The molecule has 6 nitrogen and oxygen atoms in total. The summed E-state index contributed by atoms with van der Waals surface area (Å²) in [7, 11) is 4.59. The summed E-state index contributed by atoms with van der Waals surface area (Å²) in [4.78, 5) is 14.1. The van der Waals surface area contributed by atoms with E-state index in [0.717, 1.165) is 17.9 Å². The number of cyclic esters (lactones) is 1. The number of aliphatic hydroxyl groups is 1. The van der Waals surface area contributed by atoms with Crippen LogP contribution < -0.4 is 14.2 Å². The maximum Gasteiger partial charge on any atom is 0.312 e. The first kappa shape index (κ1) is 22.6. The highest BCUT2D eigenvalue weighted by Gasteiger charge is 2.55. The average molecular weight is 483 g/mol. The number of aliphatic hydroxyl groups excluding tert-OH is 1. The van der Waals surface area contributed by atoms with Crippen molar-refractivity contribution < 1.29 is 28.8 Å². The molecule has 4 rings (SSSR count). The van der Waals surface area contributed by atoms with Gasteiger partial charge in [-0.25, -0.2) is 0 Å². The zero-order chi connectivity index (χ0) is 22.0. The van der Waals surface area contributed by atoms with Gasteiger partial charge in [-0.3, -0.25) is 4.79 Å². The van der Waals surface area contributed by atoms with Crippen LogP contribution in [0.1, 0.15) is 23.0 Å². The van der Waals surface area contributed by atoms with E-state index in [0.29, 0.717) is 29.4 Å². The number of carbonyl (C=O) groups is 1. The molecule has 31 heavy (non-hydrogen) atoms. The summed E-state index contributed by atoms with van der Waals surface area (Å²) in [5.74, 6) is 2.13. The van der Waals surface area contributed by atoms with Crippen molar-refractivity contribution in [3.8, 4) is 17.2 Å². The van der Waals surface area contributed by atoms with Gasteiger partial charge in [0.2, 0.25) is 5.75 Å². The van der Waals surface area contributed by atoms with Crippen LogP contribution in [0.15, 0.2) is 29.6 Å². The van der Waals surface area contributed by atoms with Crippen LogP contribution in [-0.4, -0.2) is 50.5 Å². The topological polar surface area (TPSA) is 74.2 Å². The first-order chi connectivity index (χ1) is 15.1. The van der Waals surface area contributed by atoms with Gasteiger partial charge in [0.05, 0.1) is 40.0 Å². The molecule has 168 valence electrons. The van der Waals surface area contributed by atoms with E-state index in [4.69, 9.17) is 18.9 Å². The number of esters is 1. The number of thioether (sulfide) groups is 2. The van der Waals surface area contributed by atoms with Crippen molar-refractivity contribution in [1.82, 2.24) is 0 Å². The van der Waals surface area contributed by atoms with Gasteiger partial charge in [-0.1, -0.05) is 6.07 Å². The number of methoxy groups -OCH3 is 3. The van der Waals surface area contributed by atoms with Crippen molar-refractivity contribution in [2.45, 2.75) is 16.6 Å². The fourth-order valence-corrected chi connectivity index (χ4v) is 9.17. The summed E-state index contributed by atoms with van der Waals surface area (Å²) in [6, 6.07) is 7.57. The molecule has 1 aromatic carbocycles. The molecule has 0 saturated carbocycles. The predicted octanol–water partition coefficient (Wildman–Crippen LogP) is 4.32. The van der Waals surface area contributed by atoms with Crippen LogP contribution in [0.25, 0.3) is 0 Å². The number of hydrogen-bond donors (Lipinski definition) is 1. The van der Waals surface area contributed by atoms with Crippen LogP contribution in [0, 0.1) is 11.8 Å². The largest absolute Gasteiger partial charge is 0.493 e. The van der Waals surface area contributed by atoms with E-state index in [2.05, 4.69) is 11.4 Å². The van der Waals surface area contributed by atoms with Crippen LogP contribution in [0.2, 0.25) is 0 Å². The fraction of sp³-hybridized carbons (Fsp3) is 0.500. The molecule has 9 heteroatoms. The Kier molecular flexibility index (Phi) is 6.95. The number of carbonyl (C=O) groups excluding carboxylic acids is 1. The molecule has 2 aliphatic heterocycles. The first-order valence-electron chi connectivity index (χ1n) is 10.0. The van der Waals surface area contributed by atoms with Crippen LogP contribution in [0.3, 0.4) is 0 Å². The lowest BCUT2D eigenvalue weighted by molar-refractivity contribution is -0.144. The van der Waals surface area contributed by atoms with Gasteiger partial charge in [0.15, 0.2) is 11.5 Å². The quantitative estimate of drug-likeness (QED) is 0.585. The van der Waals surface area contributed by atoms with E-state index in [1.165, 1.54) is 26.2 Å². The van der Waals surface area contributed by atoms with Gasteiger partial charge in [-0.15, -0.1) is 34.9 Å². The molecule has 1 N–H and O–H groups in total. The van der Waals surface area contributed by atoms with E-state index in [1.807, 2.05) is 29.6 Å². The van der Waals surface area contributed by atoms with Gasteiger partial charge in [0, 0.05) is 10.8 Å². The van der Waals surface area contributed by atoms with E-state index in [1.54, 1.807) is 23.5 Å². The maximum atomic E-state index is 12.9. The zero-order valence-electron chi connectivity index (χ0n) is 17.7. The minimum Gasteiger partial charge on any atom is -0.493 e. The number of ether oxygens (including phenoxy) is 4. The van der Waals surface area contributed by atoms with Crippen LogP contribution in [0.5, 0.6) is 17.2 Å². The normalized spacial score (nSPS) is 23.8. The lowest BCUT2D eigenvalue weighted by Crippen LogP contribution is -2.38. The molecular weight excluding hydrogens is 456 g/mol. The molecule has 0 unspecified atom stereocenters. The highest BCUT2D eigenvalue weighted by atomic mass is 32.2. The molecular formula is C22H26O6S3. The van der Waals surface area contributed by atoms with E-state index in [9.17, 15) is 9.90 Å². The van der Waals surface area contributed by atoms with Crippen molar-refractivity contribution >= 4 is 40.8 Å². The monoisotopic (exact) mass is 482 g/mol. The molecule has 2 aliphatic rings. The Morgan fingerprint density at radius 2 is 1.81 bits per heavy atom. The third-order valence-corrected chi connectivity index (χ3v) is 10.6. The molecule has 0 radical (unpaired) electrons. The van der Waals surface area contributed by atoms with Gasteiger partial charge < -0.3 is 24.1 Å². The Hall–Kier alpha value is -1.55. The molecule has 2 aromatic rings.